The quantitative estimate of drug-likeness (QED) is 0.922. The van der Waals surface area contributed by atoms with Crippen molar-refractivity contribution in [2.24, 2.45) is 7.05 Å². The Balaban J connectivity index is 1.58. The van der Waals surface area contributed by atoms with Crippen LogP contribution in [0.2, 0.25) is 0 Å². The summed E-state index contributed by atoms with van der Waals surface area (Å²) < 4.78 is 1.45. The lowest BCUT2D eigenvalue weighted by atomic mass is 10.1. The maximum absolute atomic E-state index is 12.4. The van der Waals surface area contributed by atoms with Crippen molar-refractivity contribution >= 4 is 11.7 Å². The fraction of sp³-hybridized carbons (Fsp3) is 0.389. The van der Waals surface area contributed by atoms with Gasteiger partial charge in [-0.25, -0.2) is 4.79 Å². The summed E-state index contributed by atoms with van der Waals surface area (Å²) >= 11 is 0. The summed E-state index contributed by atoms with van der Waals surface area (Å²) in [5.74, 6) is 0. The summed E-state index contributed by atoms with van der Waals surface area (Å²) in [6.07, 6.45) is 5.32. The average molecular weight is 341 g/mol. The van der Waals surface area contributed by atoms with Crippen LogP contribution in [0.3, 0.4) is 0 Å². The van der Waals surface area contributed by atoms with Gasteiger partial charge in [-0.05, 0) is 30.7 Å². The molecular formula is C18H23N5O2. The fourth-order valence-electron chi connectivity index (χ4n) is 3.03. The van der Waals surface area contributed by atoms with Crippen LogP contribution in [0.25, 0.3) is 0 Å². The highest BCUT2D eigenvalue weighted by atomic mass is 16.2. The molecule has 1 aliphatic heterocycles. The SMILES string of the molecule is C[C@H](c1cccnc1)N1CCN(C(=O)Nc2cccn(C)c2=O)CC1. The molecule has 0 unspecified atom stereocenters. The van der Waals surface area contributed by atoms with Crippen molar-refractivity contribution in [3.8, 4) is 0 Å². The predicted octanol–water partition coefficient (Wildman–Crippen LogP) is 1.69. The molecule has 3 heterocycles. The van der Waals surface area contributed by atoms with E-state index in [1.807, 2.05) is 12.3 Å². The first-order valence-corrected chi connectivity index (χ1v) is 8.42. The number of nitrogens with one attached hydrogen (secondary N) is 1. The Morgan fingerprint density at radius 1 is 1.20 bits per heavy atom. The van der Waals surface area contributed by atoms with Crippen LogP contribution in [0.5, 0.6) is 0 Å². The molecule has 132 valence electrons. The first-order valence-electron chi connectivity index (χ1n) is 8.42. The van der Waals surface area contributed by atoms with Gasteiger partial charge < -0.3 is 14.8 Å². The number of urea groups is 1. The summed E-state index contributed by atoms with van der Waals surface area (Å²) in [7, 11) is 1.66. The summed E-state index contributed by atoms with van der Waals surface area (Å²) in [4.78, 5) is 32.7. The fourth-order valence-corrected chi connectivity index (χ4v) is 3.03. The predicted molar refractivity (Wildman–Crippen MR) is 96.5 cm³/mol. The molecule has 0 aromatic carbocycles. The Kier molecular flexibility index (Phi) is 5.14. The maximum atomic E-state index is 12.4. The molecule has 2 aromatic heterocycles. The minimum Gasteiger partial charge on any atom is -0.322 e. The van der Waals surface area contributed by atoms with Gasteiger partial charge in [0, 0.05) is 57.9 Å². The third-order valence-corrected chi connectivity index (χ3v) is 4.68. The van der Waals surface area contributed by atoms with Gasteiger partial charge in [0.15, 0.2) is 0 Å². The Hall–Kier alpha value is -2.67. The molecule has 1 N–H and O–H groups in total. The van der Waals surface area contributed by atoms with Gasteiger partial charge in [-0.2, -0.15) is 0 Å². The van der Waals surface area contributed by atoms with Crippen LogP contribution in [-0.2, 0) is 7.05 Å². The highest BCUT2D eigenvalue weighted by molar-refractivity contribution is 5.89. The lowest BCUT2D eigenvalue weighted by molar-refractivity contribution is 0.119. The average Bonchev–Trinajstić information content (AvgIpc) is 2.65. The molecule has 0 spiro atoms. The maximum Gasteiger partial charge on any atom is 0.322 e. The molecule has 0 aliphatic carbocycles. The highest BCUT2D eigenvalue weighted by Crippen LogP contribution is 2.20. The molecule has 25 heavy (non-hydrogen) atoms. The number of nitrogens with zero attached hydrogens (tertiary/aromatic N) is 4. The third-order valence-electron chi connectivity index (χ3n) is 4.68. The van der Waals surface area contributed by atoms with Crippen LogP contribution < -0.4 is 10.9 Å². The number of anilines is 1. The van der Waals surface area contributed by atoms with Crippen molar-refractivity contribution < 1.29 is 4.79 Å². The van der Waals surface area contributed by atoms with Gasteiger partial charge in [0.2, 0.25) is 0 Å². The van der Waals surface area contributed by atoms with Gasteiger partial charge in [-0.15, -0.1) is 0 Å². The van der Waals surface area contributed by atoms with Crippen molar-refractivity contribution in [1.82, 2.24) is 19.4 Å². The van der Waals surface area contributed by atoms with E-state index in [1.165, 1.54) is 10.1 Å². The van der Waals surface area contributed by atoms with Crippen molar-refractivity contribution in [3.63, 3.8) is 0 Å². The Bertz CT molecular complexity index is 782. The van der Waals surface area contributed by atoms with Gasteiger partial charge in [0.25, 0.3) is 5.56 Å². The molecule has 0 bridgehead atoms. The lowest BCUT2D eigenvalue weighted by Crippen LogP contribution is -2.50. The summed E-state index contributed by atoms with van der Waals surface area (Å²) in [5, 5.41) is 2.72. The van der Waals surface area contributed by atoms with E-state index in [2.05, 4.69) is 28.2 Å². The molecular weight excluding hydrogens is 318 g/mol. The van der Waals surface area contributed by atoms with Crippen molar-refractivity contribution in [1.29, 1.82) is 0 Å². The first-order chi connectivity index (χ1) is 12.1. The number of pyridine rings is 2. The molecule has 7 heteroatoms. The zero-order valence-electron chi connectivity index (χ0n) is 14.6. The van der Waals surface area contributed by atoms with Crippen molar-refractivity contribution in [3.05, 3.63) is 58.8 Å². The standard InChI is InChI=1S/C18H23N5O2/c1-14(15-5-3-7-19-13-15)22-9-11-23(12-10-22)18(25)20-16-6-4-8-21(2)17(16)24/h3-8,13-14H,9-12H2,1-2H3,(H,20,25)/t14-/m1/s1. The van der Waals surface area contributed by atoms with Crippen LogP contribution in [0.1, 0.15) is 18.5 Å². The molecule has 1 atom stereocenters. The Morgan fingerprint density at radius 3 is 2.64 bits per heavy atom. The molecule has 0 radical (unpaired) electrons. The smallest absolute Gasteiger partial charge is 0.322 e. The number of hydrogen-bond donors (Lipinski definition) is 1. The molecule has 2 amide bonds. The number of carbonyl (C=O) groups is 1. The number of carbonyl (C=O) groups excluding carboxylic acids is 1. The second kappa shape index (κ2) is 7.48. The number of aryl methyl sites for hydroxylation is 1. The molecule has 0 saturated carbocycles. The first kappa shape index (κ1) is 17.2. The van der Waals surface area contributed by atoms with Crippen LogP contribution in [0.4, 0.5) is 10.5 Å². The van der Waals surface area contributed by atoms with E-state index in [0.29, 0.717) is 18.8 Å². The number of amides is 2. The summed E-state index contributed by atoms with van der Waals surface area (Å²) in [6.45, 7) is 4.99. The van der Waals surface area contributed by atoms with Gasteiger partial charge in [-0.3, -0.25) is 14.7 Å². The third kappa shape index (κ3) is 3.88. The van der Waals surface area contributed by atoms with E-state index in [4.69, 9.17) is 0 Å². The lowest BCUT2D eigenvalue weighted by Gasteiger charge is -2.38. The molecule has 7 nitrogen and oxygen atoms in total. The normalized spacial score (nSPS) is 16.5. The van der Waals surface area contributed by atoms with Gasteiger partial charge in [0.05, 0.1) is 0 Å². The van der Waals surface area contributed by atoms with E-state index in [9.17, 15) is 9.59 Å². The largest absolute Gasteiger partial charge is 0.322 e. The van der Waals surface area contributed by atoms with E-state index < -0.39 is 0 Å². The Labute approximate surface area is 146 Å². The zero-order chi connectivity index (χ0) is 17.8. The minimum atomic E-state index is -0.225. The second-order valence-corrected chi connectivity index (χ2v) is 6.25. The van der Waals surface area contributed by atoms with Crippen molar-refractivity contribution in [2.45, 2.75) is 13.0 Å². The monoisotopic (exact) mass is 341 g/mol. The summed E-state index contributed by atoms with van der Waals surface area (Å²) in [5.41, 5.74) is 1.27. The number of piperazine rings is 1. The molecule has 1 aliphatic rings. The van der Waals surface area contributed by atoms with Crippen LogP contribution >= 0.6 is 0 Å². The van der Waals surface area contributed by atoms with Gasteiger partial charge in [-0.1, -0.05) is 6.07 Å². The second-order valence-electron chi connectivity index (χ2n) is 6.25. The Morgan fingerprint density at radius 2 is 1.96 bits per heavy atom. The minimum absolute atomic E-state index is 0.209. The van der Waals surface area contributed by atoms with Crippen LogP contribution in [0.15, 0.2) is 47.7 Å². The molecule has 3 rings (SSSR count). The number of aromatic nitrogens is 2. The molecule has 1 saturated heterocycles. The highest BCUT2D eigenvalue weighted by Gasteiger charge is 2.25. The van der Waals surface area contributed by atoms with E-state index >= 15 is 0 Å². The number of rotatable bonds is 3. The zero-order valence-corrected chi connectivity index (χ0v) is 14.6. The van der Waals surface area contributed by atoms with E-state index in [0.717, 1.165) is 13.1 Å². The number of hydrogen-bond acceptors (Lipinski definition) is 4. The van der Waals surface area contributed by atoms with Gasteiger partial charge >= 0.3 is 6.03 Å². The van der Waals surface area contributed by atoms with Gasteiger partial charge in [0.1, 0.15) is 5.69 Å². The van der Waals surface area contributed by atoms with Crippen molar-refractivity contribution in [2.75, 3.05) is 31.5 Å². The molecule has 2 aromatic rings. The van der Waals surface area contributed by atoms with E-state index in [1.54, 1.807) is 36.5 Å². The van der Waals surface area contributed by atoms with Crippen LogP contribution in [0, 0.1) is 0 Å². The molecule has 1 fully saturated rings. The summed E-state index contributed by atoms with van der Waals surface area (Å²) in [6, 6.07) is 7.42. The van der Waals surface area contributed by atoms with Crippen LogP contribution in [-0.4, -0.2) is 51.6 Å². The topological polar surface area (TPSA) is 70.5 Å². The van der Waals surface area contributed by atoms with E-state index in [-0.39, 0.29) is 17.6 Å².